The van der Waals surface area contributed by atoms with Crippen LogP contribution in [0.25, 0.3) is 11.0 Å². The van der Waals surface area contributed by atoms with Gasteiger partial charge in [-0.3, -0.25) is 0 Å². The zero-order valence-electron chi connectivity index (χ0n) is 10.8. The Balaban J connectivity index is 2.24. The van der Waals surface area contributed by atoms with Gasteiger partial charge in [0, 0.05) is 6.54 Å². The van der Waals surface area contributed by atoms with E-state index < -0.39 is 0 Å². The predicted molar refractivity (Wildman–Crippen MR) is 77.5 cm³/mol. The zero-order chi connectivity index (χ0) is 13.8. The highest BCUT2D eigenvalue weighted by Gasteiger charge is 2.07. The quantitative estimate of drug-likeness (QED) is 0.517. The van der Waals surface area contributed by atoms with Gasteiger partial charge in [0.25, 0.3) is 0 Å². The highest BCUT2D eigenvalue weighted by molar-refractivity contribution is 7.71. The smallest absolute Gasteiger partial charge is 0.178 e. The van der Waals surface area contributed by atoms with Gasteiger partial charge in [-0.15, -0.1) is 0 Å². The maximum absolute atomic E-state index is 9.06. The van der Waals surface area contributed by atoms with Crippen LogP contribution in [-0.4, -0.2) is 22.8 Å². The number of nitriles is 1. The number of nitrogens with one attached hydrogen (secondary N) is 1. The van der Waals surface area contributed by atoms with Crippen molar-refractivity contribution in [2.45, 2.75) is 13.5 Å². The summed E-state index contributed by atoms with van der Waals surface area (Å²) in [5.41, 5.74) is 3.32. The summed E-state index contributed by atoms with van der Waals surface area (Å²) in [7, 11) is 0. The second kappa shape index (κ2) is 5.83. The van der Waals surface area contributed by atoms with Gasteiger partial charge in [-0.25, -0.2) is 0 Å². The Labute approximate surface area is 116 Å². The molecule has 0 saturated carbocycles. The minimum Gasteiger partial charge on any atom is -0.375 e. The van der Waals surface area contributed by atoms with E-state index in [1.54, 1.807) is 6.07 Å². The monoisotopic (exact) mass is 273 g/mol. The largest absolute Gasteiger partial charge is 0.375 e. The van der Waals surface area contributed by atoms with Crippen molar-refractivity contribution >= 4 is 23.3 Å². The first-order valence-electron chi connectivity index (χ1n) is 5.97. The Morgan fingerprint density at radius 1 is 1.58 bits per heavy atom. The van der Waals surface area contributed by atoms with Gasteiger partial charge in [-0.1, -0.05) is 18.2 Å². The minimum atomic E-state index is 0.555. The number of hydrogen-bond donors (Lipinski definition) is 1. The summed E-state index contributed by atoms with van der Waals surface area (Å²) in [5, 5.41) is 9.06. The summed E-state index contributed by atoms with van der Waals surface area (Å²) in [6, 6.07) is 7.73. The third-order valence-corrected chi connectivity index (χ3v) is 3.06. The molecule has 4 nitrogen and oxygen atoms in total. The van der Waals surface area contributed by atoms with E-state index >= 15 is 0 Å². The van der Waals surface area contributed by atoms with Gasteiger partial charge >= 0.3 is 0 Å². The van der Waals surface area contributed by atoms with Crippen LogP contribution in [0, 0.1) is 16.1 Å². The molecule has 98 valence electrons. The van der Waals surface area contributed by atoms with Gasteiger partial charge in [0.15, 0.2) is 4.77 Å². The lowest BCUT2D eigenvalue weighted by atomic mass is 10.2. The number of fused-ring (bicyclic) bond motifs is 1. The number of hydrogen-bond acceptors (Lipinski definition) is 3. The molecule has 0 amide bonds. The Kier molecular flexibility index (Phi) is 4.15. The van der Waals surface area contributed by atoms with Crippen molar-refractivity contribution in [1.29, 1.82) is 5.26 Å². The van der Waals surface area contributed by atoms with E-state index in [-0.39, 0.29) is 0 Å². The summed E-state index contributed by atoms with van der Waals surface area (Å²) in [6.45, 7) is 7.48. The van der Waals surface area contributed by atoms with Crippen LogP contribution in [0.15, 0.2) is 30.4 Å². The van der Waals surface area contributed by atoms with Gasteiger partial charge in [-0.2, -0.15) is 5.26 Å². The molecule has 0 atom stereocenters. The third-order valence-electron chi connectivity index (χ3n) is 2.74. The summed E-state index contributed by atoms with van der Waals surface area (Å²) < 4.78 is 8.04. The number of nitrogens with zero attached hydrogens (tertiary/aromatic N) is 2. The molecule has 0 unspecified atom stereocenters. The Bertz CT molecular complexity index is 706. The van der Waals surface area contributed by atoms with Gasteiger partial charge in [0.1, 0.15) is 6.07 Å². The van der Waals surface area contributed by atoms with Crippen molar-refractivity contribution in [3.63, 3.8) is 0 Å². The number of imidazole rings is 1. The molecule has 1 N–H and O–H groups in total. The topological polar surface area (TPSA) is 53.7 Å². The lowest BCUT2D eigenvalue weighted by Crippen LogP contribution is -2.07. The second-order valence-electron chi connectivity index (χ2n) is 4.40. The van der Waals surface area contributed by atoms with Gasteiger partial charge in [0.05, 0.1) is 29.8 Å². The lowest BCUT2D eigenvalue weighted by molar-refractivity contribution is 0.148. The summed E-state index contributed by atoms with van der Waals surface area (Å²) in [5.74, 6) is 0. The van der Waals surface area contributed by atoms with E-state index in [2.05, 4.69) is 17.6 Å². The van der Waals surface area contributed by atoms with E-state index in [0.29, 0.717) is 30.1 Å². The molecular formula is C14H15N3OS. The number of aromatic nitrogens is 2. The van der Waals surface area contributed by atoms with Crippen LogP contribution in [0.3, 0.4) is 0 Å². The molecule has 0 aliphatic heterocycles. The van der Waals surface area contributed by atoms with Crippen LogP contribution >= 0.6 is 12.2 Å². The van der Waals surface area contributed by atoms with Gasteiger partial charge in [0.2, 0.25) is 0 Å². The average molecular weight is 273 g/mol. The Hall–Kier alpha value is -1.90. The molecule has 0 aliphatic carbocycles. The third kappa shape index (κ3) is 2.92. The number of aromatic amines is 1. The maximum atomic E-state index is 9.06. The number of H-pyrrole nitrogens is 1. The molecule has 2 rings (SSSR count). The van der Waals surface area contributed by atoms with Crippen molar-refractivity contribution in [3.05, 3.63) is 40.7 Å². The van der Waals surface area contributed by atoms with Gasteiger partial charge < -0.3 is 14.3 Å². The molecule has 0 saturated heterocycles. The van der Waals surface area contributed by atoms with E-state index in [0.717, 1.165) is 16.6 Å². The van der Waals surface area contributed by atoms with Crippen molar-refractivity contribution in [2.75, 3.05) is 13.2 Å². The number of benzene rings is 1. The molecule has 0 aliphatic rings. The van der Waals surface area contributed by atoms with Gasteiger partial charge in [-0.05, 0) is 31.3 Å². The first-order valence-corrected chi connectivity index (χ1v) is 6.38. The zero-order valence-corrected chi connectivity index (χ0v) is 11.6. The molecule has 19 heavy (non-hydrogen) atoms. The minimum absolute atomic E-state index is 0.555. The predicted octanol–water partition coefficient (Wildman–Crippen LogP) is 3.16. The van der Waals surface area contributed by atoms with E-state index in [9.17, 15) is 0 Å². The average Bonchev–Trinajstić information content (AvgIpc) is 2.70. The van der Waals surface area contributed by atoms with E-state index in [1.165, 1.54) is 0 Å². The molecule has 1 aromatic carbocycles. The second-order valence-corrected chi connectivity index (χ2v) is 4.79. The van der Waals surface area contributed by atoms with Crippen molar-refractivity contribution in [3.8, 4) is 6.07 Å². The van der Waals surface area contributed by atoms with Crippen LogP contribution in [0.2, 0.25) is 0 Å². The van der Waals surface area contributed by atoms with Crippen molar-refractivity contribution < 1.29 is 4.74 Å². The number of ether oxygens (including phenoxy) is 1. The first kappa shape index (κ1) is 13.5. The Morgan fingerprint density at radius 2 is 2.37 bits per heavy atom. The normalized spacial score (nSPS) is 10.5. The van der Waals surface area contributed by atoms with Crippen LogP contribution in [0.1, 0.15) is 12.5 Å². The highest BCUT2D eigenvalue weighted by Crippen LogP contribution is 2.17. The van der Waals surface area contributed by atoms with Crippen LogP contribution in [0.4, 0.5) is 0 Å². The summed E-state index contributed by atoms with van der Waals surface area (Å²) in [4.78, 5) is 3.08. The highest BCUT2D eigenvalue weighted by atomic mass is 32.1. The standard InChI is InChI=1S/C14H15N3OS/c1-10(2)9-18-7-6-17-12-5-3-4-11(8-15)13(12)16-14(17)19/h3-5H,1,6-7,9H2,2H3,(H,16,19). The molecule has 0 bridgehead atoms. The molecule has 0 spiro atoms. The molecule has 5 heteroatoms. The first-order chi connectivity index (χ1) is 9.13. The maximum Gasteiger partial charge on any atom is 0.178 e. The fourth-order valence-electron chi connectivity index (χ4n) is 1.90. The molecule has 0 radical (unpaired) electrons. The molecule has 1 aromatic heterocycles. The van der Waals surface area contributed by atoms with Crippen LogP contribution < -0.4 is 0 Å². The Morgan fingerprint density at radius 3 is 3.05 bits per heavy atom. The SMILES string of the molecule is C=C(C)COCCn1c(=S)[nH]c2c(C#N)cccc21. The summed E-state index contributed by atoms with van der Waals surface area (Å²) in [6.07, 6.45) is 0. The molecule has 1 heterocycles. The number of para-hydroxylation sites is 1. The van der Waals surface area contributed by atoms with Crippen molar-refractivity contribution in [1.82, 2.24) is 9.55 Å². The van der Waals surface area contributed by atoms with E-state index in [4.69, 9.17) is 22.2 Å². The molecular weight excluding hydrogens is 258 g/mol. The van der Waals surface area contributed by atoms with Crippen LogP contribution in [-0.2, 0) is 11.3 Å². The van der Waals surface area contributed by atoms with Crippen LogP contribution in [0.5, 0.6) is 0 Å². The van der Waals surface area contributed by atoms with Crippen molar-refractivity contribution in [2.24, 2.45) is 0 Å². The van der Waals surface area contributed by atoms with E-state index in [1.807, 2.05) is 23.6 Å². The molecule has 2 aromatic rings. The number of rotatable bonds is 5. The fourth-order valence-corrected chi connectivity index (χ4v) is 2.19. The molecule has 0 fully saturated rings. The summed E-state index contributed by atoms with van der Waals surface area (Å²) >= 11 is 5.29. The lowest BCUT2D eigenvalue weighted by Gasteiger charge is -2.06. The fraction of sp³-hybridized carbons (Fsp3) is 0.286.